The van der Waals surface area contributed by atoms with Crippen LogP contribution in [0.3, 0.4) is 0 Å². The summed E-state index contributed by atoms with van der Waals surface area (Å²) in [6, 6.07) is 14.8. The van der Waals surface area contributed by atoms with Gasteiger partial charge in [0.15, 0.2) is 5.95 Å². The lowest BCUT2D eigenvalue weighted by Gasteiger charge is -2.32. The maximum absolute atomic E-state index is 13.4. The van der Waals surface area contributed by atoms with Gasteiger partial charge in [-0.25, -0.2) is 18.2 Å². The molecule has 3 aromatic rings. The number of anilines is 1. The van der Waals surface area contributed by atoms with Gasteiger partial charge in [0.05, 0.1) is 11.5 Å². The summed E-state index contributed by atoms with van der Waals surface area (Å²) in [5.41, 5.74) is 2.92. The molecule has 214 valence electrons. The molecule has 1 amide bonds. The second-order valence-corrected chi connectivity index (χ2v) is 11.3. The van der Waals surface area contributed by atoms with Gasteiger partial charge in [-0.05, 0) is 55.9 Å². The summed E-state index contributed by atoms with van der Waals surface area (Å²) in [5, 5.41) is 15.9. The third-order valence-electron chi connectivity index (χ3n) is 6.56. The number of amides is 1. The molecule has 6 N–H and O–H groups in total. The van der Waals surface area contributed by atoms with E-state index in [9.17, 15) is 23.1 Å². The van der Waals surface area contributed by atoms with Crippen molar-refractivity contribution in [3.63, 3.8) is 0 Å². The van der Waals surface area contributed by atoms with Crippen LogP contribution in [0.25, 0.3) is 11.1 Å². The number of nitrogens with one attached hydrogen (secondary N) is 5. The zero-order chi connectivity index (χ0) is 28.6. The number of aliphatic carboxylic acids is 1. The molecule has 2 unspecified atom stereocenters. The van der Waals surface area contributed by atoms with Crippen molar-refractivity contribution < 1.29 is 28.0 Å². The van der Waals surface area contributed by atoms with E-state index >= 15 is 0 Å². The number of benzene rings is 2. The fourth-order valence-electron chi connectivity index (χ4n) is 4.37. The van der Waals surface area contributed by atoms with Gasteiger partial charge in [0.1, 0.15) is 6.04 Å². The average molecular weight is 571 g/mol. The van der Waals surface area contributed by atoms with Gasteiger partial charge < -0.3 is 25.6 Å². The molecule has 2 heterocycles. The van der Waals surface area contributed by atoms with Crippen LogP contribution in [0.15, 0.2) is 65.7 Å². The number of carboxylic acids is 1. The third-order valence-corrected chi connectivity index (χ3v) is 8.07. The maximum atomic E-state index is 13.4. The highest BCUT2D eigenvalue weighted by Crippen LogP contribution is 2.23. The molecule has 4 rings (SSSR count). The molecule has 1 saturated heterocycles. The summed E-state index contributed by atoms with van der Waals surface area (Å²) in [4.78, 5) is 37.7. The molecular formula is C27H34N6O6S. The number of hydrogen-bond donors (Lipinski definition) is 6. The SMILES string of the molecule is Cc1cnc(NCCCCCC(NC(=O)C2CCON2)(NS(=O)(=O)c2ccc(-c3ccccc3)cc2)C(=O)O)[nH]1. The Morgan fingerprint density at radius 2 is 1.80 bits per heavy atom. The molecule has 1 aliphatic rings. The molecule has 13 heteroatoms. The first-order valence-corrected chi connectivity index (χ1v) is 14.5. The molecule has 2 aromatic carbocycles. The standard InChI is InChI=1S/C27H34N6O6S/c1-19-18-29-26(30-19)28-16-7-3-6-15-27(25(35)36,31-24(34)23-14-17-39-32-23)33-40(37,38)22-12-10-21(11-13-22)20-8-4-2-5-9-20/h2,4-5,8-13,18,23,32-33H,3,6-7,14-17H2,1H3,(H,31,34)(H,35,36)(H2,28,29,30). The summed E-state index contributed by atoms with van der Waals surface area (Å²) in [7, 11) is -4.33. The number of carboxylic acid groups (broad SMARTS) is 1. The normalized spacial score (nSPS) is 16.8. The predicted molar refractivity (Wildman–Crippen MR) is 148 cm³/mol. The predicted octanol–water partition coefficient (Wildman–Crippen LogP) is 2.53. The number of imidazole rings is 1. The van der Waals surface area contributed by atoms with Crippen LogP contribution in [0.1, 0.15) is 37.8 Å². The number of rotatable bonds is 14. The van der Waals surface area contributed by atoms with Crippen molar-refractivity contribution in [3.05, 3.63) is 66.5 Å². The van der Waals surface area contributed by atoms with Crippen LogP contribution >= 0.6 is 0 Å². The number of carbonyl (C=O) groups excluding carboxylic acids is 1. The topological polar surface area (TPSA) is 175 Å². The lowest BCUT2D eigenvalue weighted by molar-refractivity contribution is -0.149. The number of aryl methyl sites for hydroxylation is 1. The molecule has 0 bridgehead atoms. The van der Waals surface area contributed by atoms with E-state index in [0.717, 1.165) is 16.8 Å². The van der Waals surface area contributed by atoms with E-state index in [4.69, 9.17) is 4.84 Å². The van der Waals surface area contributed by atoms with Gasteiger partial charge in [-0.15, -0.1) is 0 Å². The van der Waals surface area contributed by atoms with Gasteiger partial charge in [0.2, 0.25) is 21.6 Å². The summed E-state index contributed by atoms with van der Waals surface area (Å²) >= 11 is 0. The summed E-state index contributed by atoms with van der Waals surface area (Å²) in [5.74, 6) is -1.53. The van der Waals surface area contributed by atoms with Crippen molar-refractivity contribution in [1.82, 2.24) is 25.5 Å². The van der Waals surface area contributed by atoms with Gasteiger partial charge in [0.25, 0.3) is 0 Å². The third kappa shape index (κ3) is 7.45. The number of sulfonamides is 1. The van der Waals surface area contributed by atoms with E-state index in [1.165, 1.54) is 12.1 Å². The Labute approximate surface area is 232 Å². The van der Waals surface area contributed by atoms with Crippen molar-refractivity contribution in [1.29, 1.82) is 0 Å². The molecule has 1 fully saturated rings. The van der Waals surface area contributed by atoms with Gasteiger partial charge >= 0.3 is 5.97 Å². The second-order valence-electron chi connectivity index (χ2n) is 9.66. The lowest BCUT2D eigenvalue weighted by Crippen LogP contribution is -2.67. The van der Waals surface area contributed by atoms with Crippen molar-refractivity contribution in [3.8, 4) is 11.1 Å². The lowest BCUT2D eigenvalue weighted by atomic mass is 10.0. The highest BCUT2D eigenvalue weighted by atomic mass is 32.2. The molecule has 0 radical (unpaired) electrons. The van der Waals surface area contributed by atoms with Gasteiger partial charge in [-0.3, -0.25) is 4.79 Å². The number of aromatic amines is 1. The Balaban J connectivity index is 1.47. The quantitative estimate of drug-likeness (QED) is 0.126. The largest absolute Gasteiger partial charge is 0.478 e. The van der Waals surface area contributed by atoms with Gasteiger partial charge in [-0.2, -0.15) is 10.2 Å². The number of H-pyrrole nitrogens is 1. The molecule has 2 atom stereocenters. The minimum absolute atomic E-state index is 0.118. The van der Waals surface area contributed by atoms with E-state index in [-0.39, 0.29) is 17.9 Å². The number of aromatic nitrogens is 2. The molecule has 12 nitrogen and oxygen atoms in total. The Bertz CT molecular complexity index is 1390. The first kappa shape index (κ1) is 29.2. The van der Waals surface area contributed by atoms with Crippen LogP contribution in [0, 0.1) is 6.92 Å². The Morgan fingerprint density at radius 1 is 1.07 bits per heavy atom. The maximum Gasteiger partial charge on any atom is 0.345 e. The van der Waals surface area contributed by atoms with E-state index < -0.39 is 33.6 Å². The number of hydroxylamine groups is 1. The fourth-order valence-corrected chi connectivity index (χ4v) is 5.68. The van der Waals surface area contributed by atoms with Crippen molar-refractivity contribution >= 4 is 27.8 Å². The monoisotopic (exact) mass is 570 g/mol. The van der Waals surface area contributed by atoms with Crippen LogP contribution in [-0.4, -0.2) is 60.2 Å². The van der Waals surface area contributed by atoms with Crippen LogP contribution < -0.4 is 20.8 Å². The minimum atomic E-state index is -4.33. The van der Waals surface area contributed by atoms with E-state index in [1.807, 2.05) is 37.3 Å². The average Bonchev–Trinajstić information content (AvgIpc) is 3.63. The molecule has 1 aromatic heterocycles. The zero-order valence-electron chi connectivity index (χ0n) is 22.1. The highest BCUT2D eigenvalue weighted by Gasteiger charge is 2.45. The van der Waals surface area contributed by atoms with E-state index in [2.05, 4.69) is 30.8 Å². The molecule has 0 aliphatic carbocycles. The first-order chi connectivity index (χ1) is 19.2. The molecule has 1 aliphatic heterocycles. The Morgan fingerprint density at radius 3 is 2.42 bits per heavy atom. The minimum Gasteiger partial charge on any atom is -0.478 e. The molecule has 0 saturated carbocycles. The van der Waals surface area contributed by atoms with Gasteiger partial charge in [0, 0.05) is 18.4 Å². The van der Waals surface area contributed by atoms with E-state index in [0.29, 0.717) is 38.2 Å². The Hall–Kier alpha value is -3.78. The van der Waals surface area contributed by atoms with Crippen LogP contribution in [0.5, 0.6) is 0 Å². The first-order valence-electron chi connectivity index (χ1n) is 13.1. The molecular weight excluding hydrogens is 536 g/mol. The van der Waals surface area contributed by atoms with Crippen molar-refractivity contribution in [2.75, 3.05) is 18.5 Å². The Kier molecular flexibility index (Phi) is 9.53. The molecule has 40 heavy (non-hydrogen) atoms. The summed E-state index contributed by atoms with van der Waals surface area (Å²) in [6.07, 6.45) is 3.45. The number of unbranched alkanes of at least 4 members (excludes halogenated alkanes) is 2. The van der Waals surface area contributed by atoms with Crippen LogP contribution in [0.2, 0.25) is 0 Å². The number of carbonyl (C=O) groups is 2. The van der Waals surface area contributed by atoms with Crippen molar-refractivity contribution in [2.45, 2.75) is 55.6 Å². The number of nitrogens with zero attached hydrogens (tertiary/aromatic N) is 1. The van der Waals surface area contributed by atoms with E-state index in [1.54, 1.807) is 18.3 Å². The van der Waals surface area contributed by atoms with Gasteiger partial charge in [-0.1, -0.05) is 48.9 Å². The number of hydrogen-bond acceptors (Lipinski definition) is 8. The smallest absolute Gasteiger partial charge is 0.345 e. The van der Waals surface area contributed by atoms with Crippen LogP contribution in [-0.2, 0) is 24.4 Å². The summed E-state index contributed by atoms with van der Waals surface area (Å²) < 4.78 is 29.1. The second kappa shape index (κ2) is 13.0. The highest BCUT2D eigenvalue weighted by molar-refractivity contribution is 7.89. The van der Waals surface area contributed by atoms with Crippen molar-refractivity contribution in [2.24, 2.45) is 0 Å². The summed E-state index contributed by atoms with van der Waals surface area (Å²) in [6.45, 7) is 2.76. The fraction of sp³-hybridized carbons (Fsp3) is 0.370. The zero-order valence-corrected chi connectivity index (χ0v) is 23.0. The molecule has 0 spiro atoms. The van der Waals surface area contributed by atoms with Crippen LogP contribution in [0.4, 0.5) is 5.95 Å².